The van der Waals surface area contributed by atoms with Crippen molar-refractivity contribution in [1.29, 1.82) is 0 Å². The molecular formula is H4BaCaCuTl. The Balaban J connectivity index is 0. The molecule has 0 saturated heterocycles. The van der Waals surface area contributed by atoms with Crippen molar-refractivity contribution in [2.24, 2.45) is 0 Å². The fourth-order valence-corrected chi connectivity index (χ4v) is 0. The van der Waals surface area contributed by atoms with Gasteiger partial charge in [-0.3, -0.25) is 0 Å². The predicted molar refractivity (Wildman–Crippen MR) is 22.8 cm³/mol. The third kappa shape index (κ3) is 9.55. The monoisotopic (exact) mass is 450 g/mol. The molecule has 0 amide bonds. The van der Waals surface area contributed by atoms with Gasteiger partial charge in [0.1, 0.15) is 0 Å². The van der Waals surface area contributed by atoms with Crippen LogP contribution in [0.5, 0.6) is 0 Å². The molecule has 0 unspecified atom stereocenters. The molecule has 0 aromatic carbocycles. The van der Waals surface area contributed by atoms with Gasteiger partial charge in [0.25, 0.3) is 0 Å². The number of rotatable bonds is 0. The fraction of sp³-hybridized carbons (Fsp3) is 0. The summed E-state index contributed by atoms with van der Waals surface area (Å²) in [6.07, 6.45) is 0. The van der Waals surface area contributed by atoms with E-state index in [4.69, 9.17) is 0 Å². The van der Waals surface area contributed by atoms with Crippen LogP contribution in [0.3, 0.4) is 0 Å². The number of hydrogen-bond donors (Lipinski definition) is 0. The van der Waals surface area contributed by atoms with E-state index < -0.39 is 0 Å². The second kappa shape index (κ2) is 15.7. The maximum atomic E-state index is 0. The molecule has 0 atom stereocenters. The van der Waals surface area contributed by atoms with E-state index in [1.807, 2.05) is 0 Å². The first-order chi connectivity index (χ1) is 0. The zero-order valence-electron chi connectivity index (χ0n) is 0.879. The molecule has 0 bridgehead atoms. The second-order valence-electron chi connectivity index (χ2n) is 0. The van der Waals surface area contributed by atoms with E-state index in [-0.39, 0.29) is 131 Å². The van der Waals surface area contributed by atoms with Crippen LogP contribution in [0.1, 0.15) is 0 Å². The van der Waals surface area contributed by atoms with Gasteiger partial charge in [0, 0.05) is 44.4 Å². The van der Waals surface area contributed by atoms with Gasteiger partial charge in [-0.25, -0.2) is 0 Å². The fourth-order valence-electron chi connectivity index (χ4n) is 0. The minimum atomic E-state index is 0. The molecule has 0 aliphatic heterocycles. The van der Waals surface area contributed by atoms with Crippen molar-refractivity contribution in [2.45, 2.75) is 0 Å². The van der Waals surface area contributed by atoms with Crippen molar-refractivity contribution in [3.63, 3.8) is 0 Å². The van der Waals surface area contributed by atoms with Crippen LogP contribution < -0.4 is 0 Å². The summed E-state index contributed by atoms with van der Waals surface area (Å²) in [5, 5.41) is 0. The van der Waals surface area contributed by atoms with E-state index >= 15 is 0 Å². The third-order valence-electron chi connectivity index (χ3n) is 0. The van der Waals surface area contributed by atoms with Crippen LogP contribution in [0.4, 0.5) is 0 Å². The predicted octanol–water partition coefficient (Wildman–Crippen LogP) is -2.22. The van der Waals surface area contributed by atoms with E-state index in [2.05, 4.69) is 0 Å². The Bertz CT molecular complexity index is 8.00. The van der Waals surface area contributed by atoms with Crippen LogP contribution in [-0.2, 0) is 17.1 Å². The summed E-state index contributed by atoms with van der Waals surface area (Å²) in [5.74, 6) is 0. The van der Waals surface area contributed by atoms with Crippen LogP contribution in [0.25, 0.3) is 0 Å². The molecule has 0 heterocycles. The molecule has 0 nitrogen and oxygen atoms in total. The molecule has 4 heavy (non-hydrogen) atoms. The first-order valence-corrected chi connectivity index (χ1v) is 0. The standard InChI is InChI=1S/Ba.Ca.Cu.Tl.4H. The van der Waals surface area contributed by atoms with Gasteiger partial charge >= 0.3 is 86.6 Å². The summed E-state index contributed by atoms with van der Waals surface area (Å²) in [7, 11) is 0. The minimum absolute atomic E-state index is 0. The van der Waals surface area contributed by atoms with Gasteiger partial charge < -0.3 is 0 Å². The van der Waals surface area contributed by atoms with Gasteiger partial charge in [0.15, 0.2) is 0 Å². The Labute approximate surface area is 127 Å². The Morgan fingerprint density at radius 1 is 1.00 bits per heavy atom. The largest absolute Gasteiger partial charge is 0 e. The van der Waals surface area contributed by atoms with Gasteiger partial charge in [-0.1, -0.05) is 0 Å². The van der Waals surface area contributed by atoms with Gasteiger partial charge in [-0.2, -0.15) is 0 Å². The maximum absolute atomic E-state index is 0. The van der Waals surface area contributed by atoms with Crippen molar-refractivity contribution >= 4 is 114 Å². The van der Waals surface area contributed by atoms with Gasteiger partial charge in [0.2, 0.25) is 0 Å². The van der Waals surface area contributed by atoms with E-state index in [9.17, 15) is 0 Å². The molecule has 0 fully saturated rings. The molecule has 22 valence electrons. The van der Waals surface area contributed by atoms with Gasteiger partial charge in [-0.05, 0) is 0 Å². The maximum Gasteiger partial charge on any atom is 0 e. The van der Waals surface area contributed by atoms with Crippen LogP contribution in [0, 0.1) is 0 Å². The van der Waals surface area contributed by atoms with Crippen LogP contribution in [0.2, 0.25) is 0 Å². The van der Waals surface area contributed by atoms with Crippen molar-refractivity contribution in [3.05, 3.63) is 0 Å². The topological polar surface area (TPSA) is 0 Å². The van der Waals surface area contributed by atoms with Crippen LogP contribution >= 0.6 is 0 Å². The molecule has 0 N–H and O–H groups in total. The molecule has 0 aromatic rings. The molecule has 0 rings (SSSR count). The zero-order chi connectivity index (χ0) is 0. The zero-order valence-corrected chi connectivity index (χ0v) is 6.31. The average molecular weight is 449 g/mol. The molecular weight excluding hydrogens is 445 g/mol. The molecule has 0 saturated carbocycles. The summed E-state index contributed by atoms with van der Waals surface area (Å²) in [4.78, 5) is 0. The van der Waals surface area contributed by atoms with Gasteiger partial charge in [-0.15, -0.1) is 0 Å². The van der Waals surface area contributed by atoms with Crippen molar-refractivity contribution in [2.75, 3.05) is 0 Å². The molecule has 0 aliphatic rings. The van der Waals surface area contributed by atoms with Crippen molar-refractivity contribution in [1.82, 2.24) is 0 Å². The summed E-state index contributed by atoms with van der Waals surface area (Å²) in [5.41, 5.74) is 0. The van der Waals surface area contributed by atoms with E-state index in [1.54, 1.807) is 0 Å². The van der Waals surface area contributed by atoms with E-state index in [0.717, 1.165) is 0 Å². The molecule has 2 radical (unpaired) electrons. The average Bonchev–Trinajstić information content (AvgIpc) is 0. The van der Waals surface area contributed by atoms with Gasteiger partial charge in [0.05, 0.1) is 0 Å². The van der Waals surface area contributed by atoms with E-state index in [1.165, 1.54) is 0 Å². The summed E-state index contributed by atoms with van der Waals surface area (Å²) < 4.78 is 0. The first kappa shape index (κ1) is 24.0. The second-order valence-corrected chi connectivity index (χ2v) is 0. The number of hydrogen-bond acceptors (Lipinski definition) is 0. The van der Waals surface area contributed by atoms with Crippen LogP contribution in [0.15, 0.2) is 0 Å². The summed E-state index contributed by atoms with van der Waals surface area (Å²) >= 11 is 0. The normalized spacial score (nSPS) is 0. The van der Waals surface area contributed by atoms with Crippen molar-refractivity contribution in [3.8, 4) is 0 Å². The van der Waals surface area contributed by atoms with Crippen molar-refractivity contribution < 1.29 is 17.1 Å². The molecule has 0 spiro atoms. The molecule has 0 aromatic heterocycles. The molecule has 4 heteroatoms. The Hall–Kier alpha value is 4.27. The minimum Gasteiger partial charge on any atom is 0 e. The smallest absolute Gasteiger partial charge is 0 e. The third-order valence-corrected chi connectivity index (χ3v) is 0. The van der Waals surface area contributed by atoms with Crippen LogP contribution in [-0.4, -0.2) is 114 Å². The first-order valence-electron chi connectivity index (χ1n) is 0. The summed E-state index contributed by atoms with van der Waals surface area (Å²) in [6, 6.07) is 0. The Morgan fingerprint density at radius 2 is 1.00 bits per heavy atom. The molecule has 0 aliphatic carbocycles. The Kier molecular flexibility index (Phi) is 93.9. The SMILES string of the molecule is [BaH2].[CaH2].[Cu].[Tl]. The Morgan fingerprint density at radius 3 is 1.00 bits per heavy atom. The van der Waals surface area contributed by atoms with E-state index in [0.29, 0.717) is 0 Å². The summed E-state index contributed by atoms with van der Waals surface area (Å²) in [6.45, 7) is 0. The quantitative estimate of drug-likeness (QED) is 0.368.